The van der Waals surface area contributed by atoms with Gasteiger partial charge >= 0.3 is 0 Å². The van der Waals surface area contributed by atoms with Gasteiger partial charge in [0.25, 0.3) is 0 Å². The van der Waals surface area contributed by atoms with Crippen molar-refractivity contribution in [1.29, 1.82) is 0 Å². The van der Waals surface area contributed by atoms with Gasteiger partial charge in [0.15, 0.2) is 9.84 Å². The number of fused-ring (bicyclic) bond motifs is 1. The van der Waals surface area contributed by atoms with E-state index in [1.807, 2.05) is 24.3 Å². The smallest absolute Gasteiger partial charge is 0.168 e. The average Bonchev–Trinajstić information content (AvgIpc) is 2.25. The molecule has 0 spiro atoms. The number of hydrogen-bond donors (Lipinski definition) is 0. The lowest BCUT2D eigenvalue weighted by Crippen LogP contribution is -1.88. The predicted molar refractivity (Wildman–Crippen MR) is 65.6 cm³/mol. The average molecular weight is 233 g/mol. The fourth-order valence-corrected chi connectivity index (χ4v) is 1.86. The Morgan fingerprint density at radius 2 is 1.94 bits per heavy atom. The van der Waals surface area contributed by atoms with Gasteiger partial charge in [0, 0.05) is 35.0 Å². The van der Waals surface area contributed by atoms with Crippen molar-refractivity contribution in [3.8, 4) is 0 Å². The molecule has 82 valence electrons. The normalized spacial score (nSPS) is 12.3. The second-order valence-corrected chi connectivity index (χ2v) is 5.51. The summed E-state index contributed by atoms with van der Waals surface area (Å²) in [5.41, 5.74) is 0.809. The lowest BCUT2D eigenvalue weighted by molar-refractivity contribution is 0.610. The van der Waals surface area contributed by atoms with Crippen molar-refractivity contribution in [2.75, 3.05) is 6.26 Å². The predicted octanol–water partition coefficient (Wildman–Crippen LogP) is 2.25. The molecule has 16 heavy (non-hydrogen) atoms. The minimum Gasteiger partial charge on any atom is -0.263 e. The van der Waals surface area contributed by atoms with Crippen LogP contribution >= 0.6 is 0 Å². The van der Waals surface area contributed by atoms with Crippen LogP contribution in [0.5, 0.6) is 0 Å². The quantitative estimate of drug-likeness (QED) is 0.799. The molecule has 0 saturated heterocycles. The summed E-state index contributed by atoms with van der Waals surface area (Å²) >= 11 is 0. The number of hydrogen-bond acceptors (Lipinski definition) is 3. The van der Waals surface area contributed by atoms with Crippen molar-refractivity contribution in [2.45, 2.75) is 0 Å². The van der Waals surface area contributed by atoms with E-state index in [-0.39, 0.29) is 0 Å². The number of benzene rings is 1. The minimum absolute atomic E-state index is 0.809. The maximum Gasteiger partial charge on any atom is 0.168 e. The highest BCUT2D eigenvalue weighted by Gasteiger charge is 1.99. The molecule has 0 bridgehead atoms. The molecule has 0 aliphatic rings. The van der Waals surface area contributed by atoms with E-state index in [1.165, 1.54) is 11.7 Å². The van der Waals surface area contributed by atoms with E-state index in [0.717, 1.165) is 16.3 Å². The second-order valence-electron chi connectivity index (χ2n) is 3.58. The largest absolute Gasteiger partial charge is 0.263 e. The van der Waals surface area contributed by atoms with E-state index in [2.05, 4.69) is 4.98 Å². The minimum atomic E-state index is -3.10. The van der Waals surface area contributed by atoms with E-state index >= 15 is 0 Å². The van der Waals surface area contributed by atoms with Crippen molar-refractivity contribution in [3.05, 3.63) is 47.6 Å². The zero-order chi connectivity index (χ0) is 11.6. The van der Waals surface area contributed by atoms with Crippen LogP contribution in [0.2, 0.25) is 0 Å². The zero-order valence-corrected chi connectivity index (χ0v) is 9.61. The molecule has 3 nitrogen and oxygen atoms in total. The zero-order valence-electron chi connectivity index (χ0n) is 8.79. The summed E-state index contributed by atoms with van der Waals surface area (Å²) in [7, 11) is -3.10. The molecule has 0 fully saturated rings. The van der Waals surface area contributed by atoms with Gasteiger partial charge < -0.3 is 0 Å². The van der Waals surface area contributed by atoms with E-state index in [1.54, 1.807) is 18.5 Å². The van der Waals surface area contributed by atoms with Gasteiger partial charge in [-0.2, -0.15) is 0 Å². The number of rotatable bonds is 2. The first-order valence-corrected chi connectivity index (χ1v) is 6.72. The molecule has 0 radical (unpaired) electrons. The molecule has 0 amide bonds. The topological polar surface area (TPSA) is 47.0 Å². The maximum atomic E-state index is 11.0. The van der Waals surface area contributed by atoms with Crippen LogP contribution < -0.4 is 0 Å². The van der Waals surface area contributed by atoms with Crippen LogP contribution in [-0.2, 0) is 9.84 Å². The monoisotopic (exact) mass is 233 g/mol. The van der Waals surface area contributed by atoms with Crippen LogP contribution in [0.3, 0.4) is 0 Å². The summed E-state index contributed by atoms with van der Waals surface area (Å²) in [4.78, 5) is 4.07. The van der Waals surface area contributed by atoms with Gasteiger partial charge in [0.2, 0.25) is 0 Å². The Morgan fingerprint density at radius 1 is 1.19 bits per heavy atom. The van der Waals surface area contributed by atoms with Crippen molar-refractivity contribution < 1.29 is 8.42 Å². The first kappa shape index (κ1) is 10.8. The lowest BCUT2D eigenvalue weighted by Gasteiger charge is -2.00. The fraction of sp³-hybridized carbons (Fsp3) is 0.0833. The Hall–Kier alpha value is -1.68. The molecule has 1 aromatic heterocycles. The summed E-state index contributed by atoms with van der Waals surface area (Å²) in [6.07, 6.45) is 6.16. The van der Waals surface area contributed by atoms with E-state index in [9.17, 15) is 8.42 Å². The molecule has 2 aromatic rings. The Morgan fingerprint density at radius 3 is 2.69 bits per heavy atom. The first-order valence-electron chi connectivity index (χ1n) is 4.77. The van der Waals surface area contributed by atoms with E-state index in [0.29, 0.717) is 0 Å². The van der Waals surface area contributed by atoms with Crippen LogP contribution in [0, 0.1) is 0 Å². The summed E-state index contributed by atoms with van der Waals surface area (Å²) < 4.78 is 22.1. The van der Waals surface area contributed by atoms with Crippen molar-refractivity contribution in [2.24, 2.45) is 0 Å². The Bertz CT molecular complexity index is 640. The molecule has 1 aromatic carbocycles. The number of sulfone groups is 1. The summed E-state index contributed by atoms with van der Waals surface area (Å²) in [5, 5.41) is 3.19. The molecular weight excluding hydrogens is 222 g/mol. The van der Waals surface area contributed by atoms with Gasteiger partial charge in [0.1, 0.15) is 0 Å². The summed E-state index contributed by atoms with van der Waals surface area (Å²) in [6, 6.07) is 7.73. The molecule has 0 atom stereocenters. The number of nitrogens with zero attached hydrogens (tertiary/aromatic N) is 1. The van der Waals surface area contributed by atoms with Crippen LogP contribution in [0.1, 0.15) is 5.56 Å². The van der Waals surface area contributed by atoms with Gasteiger partial charge in [-0.1, -0.05) is 24.3 Å². The molecule has 0 N–H and O–H groups in total. The lowest BCUT2D eigenvalue weighted by atomic mass is 10.1. The fourth-order valence-electron chi connectivity index (χ4n) is 1.47. The molecule has 0 aliphatic carbocycles. The van der Waals surface area contributed by atoms with Crippen molar-refractivity contribution in [1.82, 2.24) is 4.98 Å². The van der Waals surface area contributed by atoms with Crippen LogP contribution in [0.15, 0.2) is 42.1 Å². The van der Waals surface area contributed by atoms with E-state index < -0.39 is 9.84 Å². The highest BCUT2D eigenvalue weighted by atomic mass is 32.2. The van der Waals surface area contributed by atoms with E-state index in [4.69, 9.17) is 0 Å². The number of pyridine rings is 1. The Kier molecular flexibility index (Phi) is 2.75. The van der Waals surface area contributed by atoms with Gasteiger partial charge in [-0.15, -0.1) is 0 Å². The highest BCUT2D eigenvalue weighted by Crippen LogP contribution is 2.18. The standard InChI is InChI=1S/C12H11NO2S/c1-16(14,15)7-6-11-9-13-8-10-4-2-3-5-12(10)11/h2-9H,1H3. The molecule has 0 aliphatic heterocycles. The highest BCUT2D eigenvalue weighted by molar-refractivity contribution is 7.93. The summed E-state index contributed by atoms with van der Waals surface area (Å²) in [5.74, 6) is 0. The molecule has 1 heterocycles. The summed E-state index contributed by atoms with van der Waals surface area (Å²) in [6.45, 7) is 0. The third-order valence-electron chi connectivity index (χ3n) is 2.19. The second kappa shape index (κ2) is 4.06. The third-order valence-corrected chi connectivity index (χ3v) is 2.82. The van der Waals surface area contributed by atoms with Crippen molar-refractivity contribution in [3.63, 3.8) is 0 Å². The SMILES string of the molecule is CS(=O)(=O)C=Cc1cncc2ccccc12. The molecule has 2 rings (SSSR count). The molecular formula is C12H11NO2S. The van der Waals surface area contributed by atoms with Gasteiger partial charge in [-0.25, -0.2) is 8.42 Å². The van der Waals surface area contributed by atoms with Crippen LogP contribution in [0.4, 0.5) is 0 Å². The molecule has 0 unspecified atom stereocenters. The first-order chi connectivity index (χ1) is 7.56. The maximum absolute atomic E-state index is 11.0. The van der Waals surface area contributed by atoms with Gasteiger partial charge in [0.05, 0.1) is 0 Å². The van der Waals surface area contributed by atoms with Crippen molar-refractivity contribution >= 4 is 26.7 Å². The van der Waals surface area contributed by atoms with Gasteiger partial charge in [-0.05, 0) is 11.5 Å². The Labute approximate surface area is 94.4 Å². The van der Waals surface area contributed by atoms with Crippen LogP contribution in [0.25, 0.3) is 16.8 Å². The number of aromatic nitrogens is 1. The third kappa shape index (κ3) is 2.46. The molecule has 4 heteroatoms. The Balaban J connectivity index is 2.57. The van der Waals surface area contributed by atoms with Gasteiger partial charge in [-0.3, -0.25) is 4.98 Å². The molecule has 0 saturated carbocycles. The van der Waals surface area contributed by atoms with Crippen LogP contribution in [-0.4, -0.2) is 19.7 Å².